The Labute approximate surface area is 105 Å². The van der Waals surface area contributed by atoms with Crippen LogP contribution in [0.2, 0.25) is 0 Å². The SMILES string of the molecule is CC(=O)NCCN1CCc2ccc(C(=O)O)cc21. The number of hydrogen-bond acceptors (Lipinski definition) is 3. The molecule has 0 bridgehead atoms. The predicted octanol–water partition coefficient (Wildman–Crippen LogP) is 0.883. The number of carbonyl (C=O) groups is 2. The fraction of sp³-hybridized carbons (Fsp3) is 0.385. The fourth-order valence-electron chi connectivity index (χ4n) is 2.18. The Kier molecular flexibility index (Phi) is 3.50. The second-order valence-electron chi connectivity index (χ2n) is 4.37. The van der Waals surface area contributed by atoms with Crippen molar-refractivity contribution in [1.29, 1.82) is 0 Å². The van der Waals surface area contributed by atoms with Crippen molar-refractivity contribution in [3.63, 3.8) is 0 Å². The maximum Gasteiger partial charge on any atom is 0.335 e. The highest BCUT2D eigenvalue weighted by molar-refractivity contribution is 5.89. The van der Waals surface area contributed by atoms with Gasteiger partial charge in [-0.25, -0.2) is 4.79 Å². The Morgan fingerprint density at radius 2 is 2.22 bits per heavy atom. The van der Waals surface area contributed by atoms with Crippen LogP contribution in [0, 0.1) is 0 Å². The normalized spacial score (nSPS) is 13.3. The van der Waals surface area contributed by atoms with E-state index >= 15 is 0 Å². The second kappa shape index (κ2) is 5.08. The number of anilines is 1. The zero-order valence-electron chi connectivity index (χ0n) is 10.3. The maximum atomic E-state index is 10.9. The zero-order chi connectivity index (χ0) is 13.1. The first-order valence-corrected chi connectivity index (χ1v) is 5.93. The van der Waals surface area contributed by atoms with Crippen molar-refractivity contribution in [3.05, 3.63) is 29.3 Å². The lowest BCUT2D eigenvalue weighted by Gasteiger charge is -2.19. The number of aromatic carboxylic acids is 1. The van der Waals surface area contributed by atoms with Crippen LogP contribution in [0.5, 0.6) is 0 Å². The molecule has 1 heterocycles. The van der Waals surface area contributed by atoms with Gasteiger partial charge in [-0.3, -0.25) is 4.79 Å². The van der Waals surface area contributed by atoms with Crippen LogP contribution in [0.1, 0.15) is 22.8 Å². The van der Waals surface area contributed by atoms with Crippen LogP contribution in [0.4, 0.5) is 5.69 Å². The average molecular weight is 248 g/mol. The Bertz CT molecular complexity index is 485. The summed E-state index contributed by atoms with van der Waals surface area (Å²) in [5.41, 5.74) is 2.45. The molecule has 1 aromatic carbocycles. The number of carboxylic acid groups (broad SMARTS) is 1. The molecule has 1 amide bonds. The molecule has 0 spiro atoms. The zero-order valence-corrected chi connectivity index (χ0v) is 10.3. The molecule has 1 aliphatic rings. The Hall–Kier alpha value is -2.04. The van der Waals surface area contributed by atoms with Gasteiger partial charge in [0.1, 0.15) is 0 Å². The smallest absolute Gasteiger partial charge is 0.335 e. The van der Waals surface area contributed by atoms with E-state index in [1.54, 1.807) is 12.1 Å². The molecule has 1 aliphatic heterocycles. The lowest BCUT2D eigenvalue weighted by molar-refractivity contribution is -0.118. The average Bonchev–Trinajstić information content (AvgIpc) is 2.71. The second-order valence-corrected chi connectivity index (χ2v) is 4.37. The number of amides is 1. The molecule has 96 valence electrons. The minimum Gasteiger partial charge on any atom is -0.478 e. The summed E-state index contributed by atoms with van der Waals surface area (Å²) in [6, 6.07) is 5.22. The van der Waals surface area contributed by atoms with E-state index in [9.17, 15) is 9.59 Å². The minimum atomic E-state index is -0.911. The van der Waals surface area contributed by atoms with E-state index in [-0.39, 0.29) is 5.91 Å². The molecule has 2 N–H and O–H groups in total. The van der Waals surface area contributed by atoms with E-state index in [2.05, 4.69) is 10.2 Å². The molecule has 2 rings (SSSR count). The van der Waals surface area contributed by atoms with E-state index in [1.807, 2.05) is 6.07 Å². The minimum absolute atomic E-state index is 0.0475. The van der Waals surface area contributed by atoms with Gasteiger partial charge in [-0.15, -0.1) is 0 Å². The number of rotatable bonds is 4. The lowest BCUT2D eigenvalue weighted by atomic mass is 10.1. The quantitative estimate of drug-likeness (QED) is 0.830. The number of carbonyl (C=O) groups excluding carboxylic acids is 1. The first-order chi connectivity index (χ1) is 8.58. The van der Waals surface area contributed by atoms with Gasteiger partial charge in [0, 0.05) is 32.2 Å². The van der Waals surface area contributed by atoms with E-state index in [4.69, 9.17) is 5.11 Å². The van der Waals surface area contributed by atoms with Crippen LogP contribution in [0.25, 0.3) is 0 Å². The molecular formula is C13H16N2O3. The summed E-state index contributed by atoms with van der Waals surface area (Å²) in [4.78, 5) is 23.8. The third-order valence-electron chi connectivity index (χ3n) is 3.08. The molecule has 0 unspecified atom stereocenters. The lowest BCUT2D eigenvalue weighted by Crippen LogP contribution is -2.32. The van der Waals surface area contributed by atoms with Crippen molar-refractivity contribution in [1.82, 2.24) is 5.32 Å². The highest BCUT2D eigenvalue weighted by Gasteiger charge is 2.20. The van der Waals surface area contributed by atoms with Crippen molar-refractivity contribution in [2.75, 3.05) is 24.5 Å². The van der Waals surface area contributed by atoms with Gasteiger partial charge < -0.3 is 15.3 Å². The molecule has 0 fully saturated rings. The summed E-state index contributed by atoms with van der Waals surface area (Å²) in [5.74, 6) is -0.958. The molecule has 18 heavy (non-hydrogen) atoms. The Balaban J connectivity index is 2.08. The predicted molar refractivity (Wildman–Crippen MR) is 68.0 cm³/mol. The monoisotopic (exact) mass is 248 g/mol. The summed E-state index contributed by atoms with van der Waals surface area (Å²) in [7, 11) is 0. The first kappa shape index (κ1) is 12.4. The number of nitrogens with zero attached hydrogens (tertiary/aromatic N) is 1. The molecular weight excluding hydrogens is 232 g/mol. The highest BCUT2D eigenvalue weighted by atomic mass is 16.4. The van der Waals surface area contributed by atoms with Crippen LogP contribution in [-0.2, 0) is 11.2 Å². The summed E-state index contributed by atoms with van der Waals surface area (Å²) >= 11 is 0. The van der Waals surface area contributed by atoms with Gasteiger partial charge in [0.2, 0.25) is 5.91 Å². The standard InChI is InChI=1S/C13H16N2O3/c1-9(16)14-5-7-15-6-4-10-2-3-11(13(17)18)8-12(10)15/h2-3,8H,4-7H2,1H3,(H,14,16)(H,17,18). The third-order valence-corrected chi connectivity index (χ3v) is 3.08. The van der Waals surface area contributed by atoms with Gasteiger partial charge in [0.05, 0.1) is 5.56 Å². The molecule has 5 heteroatoms. The maximum absolute atomic E-state index is 10.9. The summed E-state index contributed by atoms with van der Waals surface area (Å²) < 4.78 is 0. The number of fused-ring (bicyclic) bond motifs is 1. The third kappa shape index (κ3) is 2.61. The largest absolute Gasteiger partial charge is 0.478 e. The Morgan fingerprint density at radius 3 is 2.89 bits per heavy atom. The van der Waals surface area contributed by atoms with Crippen molar-refractivity contribution in [3.8, 4) is 0 Å². The molecule has 0 saturated carbocycles. The van der Waals surface area contributed by atoms with Gasteiger partial charge in [-0.05, 0) is 24.1 Å². The number of benzene rings is 1. The van der Waals surface area contributed by atoms with Gasteiger partial charge >= 0.3 is 5.97 Å². The summed E-state index contributed by atoms with van der Waals surface area (Å²) in [6.45, 7) is 3.64. The number of carboxylic acids is 1. The molecule has 0 radical (unpaired) electrons. The van der Waals surface area contributed by atoms with Crippen molar-refractivity contribution < 1.29 is 14.7 Å². The van der Waals surface area contributed by atoms with E-state index in [0.29, 0.717) is 18.7 Å². The van der Waals surface area contributed by atoms with Gasteiger partial charge in [0.15, 0.2) is 0 Å². The number of nitrogens with one attached hydrogen (secondary N) is 1. The molecule has 5 nitrogen and oxygen atoms in total. The Morgan fingerprint density at radius 1 is 1.44 bits per heavy atom. The van der Waals surface area contributed by atoms with Gasteiger partial charge in [-0.1, -0.05) is 6.07 Å². The molecule has 1 aromatic rings. The van der Waals surface area contributed by atoms with Gasteiger partial charge in [0.25, 0.3) is 0 Å². The molecule has 0 aromatic heterocycles. The van der Waals surface area contributed by atoms with Crippen molar-refractivity contribution in [2.45, 2.75) is 13.3 Å². The van der Waals surface area contributed by atoms with E-state index in [0.717, 1.165) is 18.7 Å². The van der Waals surface area contributed by atoms with E-state index < -0.39 is 5.97 Å². The van der Waals surface area contributed by atoms with Crippen LogP contribution in [-0.4, -0.2) is 36.6 Å². The topological polar surface area (TPSA) is 69.6 Å². The summed E-state index contributed by atoms with van der Waals surface area (Å²) in [6.07, 6.45) is 0.926. The highest BCUT2D eigenvalue weighted by Crippen LogP contribution is 2.28. The summed E-state index contributed by atoms with van der Waals surface area (Å²) in [5, 5.41) is 11.7. The fourth-order valence-corrected chi connectivity index (χ4v) is 2.18. The van der Waals surface area contributed by atoms with Crippen molar-refractivity contribution in [2.24, 2.45) is 0 Å². The first-order valence-electron chi connectivity index (χ1n) is 5.93. The molecule has 0 saturated heterocycles. The van der Waals surface area contributed by atoms with Crippen LogP contribution >= 0.6 is 0 Å². The molecule has 0 aliphatic carbocycles. The van der Waals surface area contributed by atoms with E-state index in [1.165, 1.54) is 12.5 Å². The number of hydrogen-bond donors (Lipinski definition) is 2. The van der Waals surface area contributed by atoms with Crippen molar-refractivity contribution >= 4 is 17.6 Å². The van der Waals surface area contributed by atoms with Crippen LogP contribution < -0.4 is 10.2 Å². The van der Waals surface area contributed by atoms with Crippen LogP contribution in [0.3, 0.4) is 0 Å². The van der Waals surface area contributed by atoms with Gasteiger partial charge in [-0.2, -0.15) is 0 Å². The molecule has 0 atom stereocenters. The van der Waals surface area contributed by atoms with Crippen LogP contribution in [0.15, 0.2) is 18.2 Å².